The van der Waals surface area contributed by atoms with E-state index in [-0.39, 0.29) is 11.9 Å². The lowest BCUT2D eigenvalue weighted by atomic mass is 10.1. The summed E-state index contributed by atoms with van der Waals surface area (Å²) >= 11 is 1.50. The van der Waals surface area contributed by atoms with Crippen molar-refractivity contribution in [3.05, 3.63) is 52.2 Å². The molecule has 0 saturated carbocycles. The molecular formula is C14H15FN2O2S. The van der Waals surface area contributed by atoms with E-state index in [4.69, 9.17) is 4.74 Å². The molecule has 4 nitrogen and oxygen atoms in total. The molecule has 0 saturated heterocycles. The first-order valence-electron chi connectivity index (χ1n) is 6.10. The van der Waals surface area contributed by atoms with Gasteiger partial charge in [0.2, 0.25) is 0 Å². The maximum Gasteiger partial charge on any atom is 0.327 e. The minimum absolute atomic E-state index is 0.107. The number of nitrogens with one attached hydrogen (secondary N) is 1. The fourth-order valence-corrected chi connectivity index (χ4v) is 2.50. The first-order valence-corrected chi connectivity index (χ1v) is 6.98. The number of carbonyl (C=O) groups excluding carboxylic acids is 1. The maximum absolute atomic E-state index is 13.0. The third-order valence-electron chi connectivity index (χ3n) is 2.88. The number of nitrogens with zero attached hydrogens (tertiary/aromatic N) is 1. The van der Waals surface area contributed by atoms with Gasteiger partial charge in [-0.15, -0.1) is 11.3 Å². The van der Waals surface area contributed by atoms with Crippen LogP contribution >= 0.6 is 11.3 Å². The number of benzene rings is 1. The van der Waals surface area contributed by atoms with Crippen molar-refractivity contribution in [2.24, 2.45) is 0 Å². The van der Waals surface area contributed by atoms with Crippen molar-refractivity contribution in [3.63, 3.8) is 0 Å². The Kier molecular flexibility index (Phi) is 4.81. The molecule has 106 valence electrons. The Balaban J connectivity index is 2.20. The van der Waals surface area contributed by atoms with Crippen LogP contribution in [0.25, 0.3) is 0 Å². The highest BCUT2D eigenvalue weighted by atomic mass is 32.1. The average molecular weight is 294 g/mol. The third kappa shape index (κ3) is 3.40. The van der Waals surface area contributed by atoms with Gasteiger partial charge in [-0.2, -0.15) is 0 Å². The molecule has 0 radical (unpaired) electrons. The van der Waals surface area contributed by atoms with Crippen molar-refractivity contribution in [2.45, 2.75) is 19.0 Å². The van der Waals surface area contributed by atoms with Crippen molar-refractivity contribution in [1.82, 2.24) is 10.3 Å². The Morgan fingerprint density at radius 1 is 1.40 bits per heavy atom. The average Bonchev–Trinajstić information content (AvgIpc) is 2.99. The second-order valence-corrected chi connectivity index (χ2v) is 5.19. The van der Waals surface area contributed by atoms with E-state index in [0.717, 1.165) is 5.01 Å². The van der Waals surface area contributed by atoms with Gasteiger partial charge in [0.05, 0.1) is 13.2 Å². The summed E-state index contributed by atoms with van der Waals surface area (Å²) in [4.78, 5) is 16.1. The number of thiazole rings is 1. The predicted molar refractivity (Wildman–Crippen MR) is 74.8 cm³/mol. The van der Waals surface area contributed by atoms with Crippen LogP contribution in [-0.4, -0.2) is 18.1 Å². The van der Waals surface area contributed by atoms with Gasteiger partial charge in [0, 0.05) is 11.6 Å². The van der Waals surface area contributed by atoms with Gasteiger partial charge in [0.15, 0.2) is 0 Å². The van der Waals surface area contributed by atoms with Gasteiger partial charge in [0.1, 0.15) is 16.9 Å². The van der Waals surface area contributed by atoms with Crippen LogP contribution in [0.5, 0.6) is 0 Å². The number of hydrogen-bond donors (Lipinski definition) is 1. The molecule has 2 atom stereocenters. The van der Waals surface area contributed by atoms with E-state index in [1.807, 2.05) is 12.3 Å². The third-order valence-corrected chi connectivity index (χ3v) is 3.84. The van der Waals surface area contributed by atoms with Crippen LogP contribution in [0.4, 0.5) is 4.39 Å². The van der Waals surface area contributed by atoms with Crippen LogP contribution in [0.15, 0.2) is 35.8 Å². The van der Waals surface area contributed by atoms with Crippen LogP contribution in [0.2, 0.25) is 0 Å². The summed E-state index contributed by atoms with van der Waals surface area (Å²) in [5.74, 6) is -0.759. The highest BCUT2D eigenvalue weighted by Gasteiger charge is 2.24. The number of ether oxygens (including phenoxy) is 1. The number of methoxy groups -OCH3 is 1. The van der Waals surface area contributed by atoms with Crippen molar-refractivity contribution < 1.29 is 13.9 Å². The lowest BCUT2D eigenvalue weighted by molar-refractivity contribution is -0.143. The van der Waals surface area contributed by atoms with Gasteiger partial charge in [-0.05, 0) is 24.6 Å². The van der Waals surface area contributed by atoms with Crippen molar-refractivity contribution in [2.75, 3.05) is 7.11 Å². The van der Waals surface area contributed by atoms with E-state index in [1.54, 1.807) is 18.3 Å². The van der Waals surface area contributed by atoms with E-state index in [2.05, 4.69) is 10.3 Å². The summed E-state index contributed by atoms with van der Waals surface area (Å²) < 4.78 is 17.8. The number of esters is 1. The molecule has 1 aromatic heterocycles. The van der Waals surface area contributed by atoms with E-state index in [0.29, 0.717) is 5.56 Å². The zero-order valence-corrected chi connectivity index (χ0v) is 12.0. The molecule has 0 aliphatic heterocycles. The molecule has 0 fully saturated rings. The Hall–Kier alpha value is -1.79. The fraction of sp³-hybridized carbons (Fsp3) is 0.286. The van der Waals surface area contributed by atoms with E-state index < -0.39 is 12.0 Å². The molecule has 1 aromatic carbocycles. The van der Waals surface area contributed by atoms with Crippen LogP contribution in [0.3, 0.4) is 0 Å². The van der Waals surface area contributed by atoms with Gasteiger partial charge < -0.3 is 4.74 Å². The van der Waals surface area contributed by atoms with Gasteiger partial charge in [-0.3, -0.25) is 5.32 Å². The van der Waals surface area contributed by atoms with Crippen LogP contribution in [0, 0.1) is 5.82 Å². The smallest absolute Gasteiger partial charge is 0.327 e. The summed E-state index contributed by atoms with van der Waals surface area (Å²) in [6, 6.07) is 5.02. The quantitative estimate of drug-likeness (QED) is 0.862. The van der Waals surface area contributed by atoms with Gasteiger partial charge in [0.25, 0.3) is 0 Å². The van der Waals surface area contributed by atoms with Crippen LogP contribution in [-0.2, 0) is 9.53 Å². The van der Waals surface area contributed by atoms with Gasteiger partial charge in [-0.25, -0.2) is 14.2 Å². The Morgan fingerprint density at radius 2 is 2.10 bits per heavy atom. The molecule has 6 heteroatoms. The molecular weight excluding hydrogens is 279 g/mol. The lowest BCUT2D eigenvalue weighted by Gasteiger charge is -2.20. The molecule has 1 heterocycles. The maximum atomic E-state index is 13.0. The minimum atomic E-state index is -0.653. The van der Waals surface area contributed by atoms with E-state index >= 15 is 0 Å². The Bertz CT molecular complexity index is 557. The predicted octanol–water partition coefficient (Wildman–Crippen LogP) is 2.85. The zero-order valence-electron chi connectivity index (χ0n) is 11.2. The molecule has 0 unspecified atom stereocenters. The fourth-order valence-electron chi connectivity index (χ4n) is 1.84. The molecule has 2 aromatic rings. The highest BCUT2D eigenvalue weighted by molar-refractivity contribution is 7.09. The highest BCUT2D eigenvalue weighted by Crippen LogP contribution is 2.22. The standard InChI is InChI=1S/C14H15FN2O2S/c1-9(13-16-7-8-20-13)17-12(14(18)19-2)10-3-5-11(15)6-4-10/h3-9,12,17H,1-2H3/t9-,12-/m0/s1. The number of halogens is 1. The van der Waals surface area contributed by atoms with Gasteiger partial charge in [-0.1, -0.05) is 12.1 Å². The zero-order chi connectivity index (χ0) is 14.5. The summed E-state index contributed by atoms with van der Waals surface area (Å²) in [5, 5.41) is 5.91. The molecule has 1 N–H and O–H groups in total. The summed E-state index contributed by atoms with van der Waals surface area (Å²) in [7, 11) is 1.33. The monoisotopic (exact) mass is 294 g/mol. The summed E-state index contributed by atoms with van der Waals surface area (Å²) in [6.45, 7) is 1.91. The molecule has 0 aliphatic carbocycles. The first-order chi connectivity index (χ1) is 9.61. The van der Waals surface area contributed by atoms with Gasteiger partial charge >= 0.3 is 5.97 Å². The lowest BCUT2D eigenvalue weighted by Crippen LogP contribution is -2.31. The second-order valence-electron chi connectivity index (χ2n) is 4.27. The van der Waals surface area contributed by atoms with Crippen LogP contribution in [0.1, 0.15) is 29.6 Å². The largest absolute Gasteiger partial charge is 0.468 e. The van der Waals surface area contributed by atoms with Crippen LogP contribution < -0.4 is 5.32 Å². The summed E-state index contributed by atoms with van der Waals surface area (Å²) in [5.41, 5.74) is 0.654. The van der Waals surface area contributed by atoms with Crippen molar-refractivity contribution in [3.8, 4) is 0 Å². The molecule has 0 bridgehead atoms. The molecule has 20 heavy (non-hydrogen) atoms. The second kappa shape index (κ2) is 6.58. The first kappa shape index (κ1) is 14.6. The van der Waals surface area contributed by atoms with E-state index in [1.165, 1.54) is 30.6 Å². The molecule has 0 amide bonds. The number of hydrogen-bond acceptors (Lipinski definition) is 5. The number of aromatic nitrogens is 1. The molecule has 0 spiro atoms. The topological polar surface area (TPSA) is 51.2 Å². The SMILES string of the molecule is COC(=O)[C@@H](N[C@@H](C)c1nccs1)c1ccc(F)cc1. The number of carbonyl (C=O) groups is 1. The van der Waals surface area contributed by atoms with Crippen molar-refractivity contribution >= 4 is 17.3 Å². The minimum Gasteiger partial charge on any atom is -0.468 e. The summed E-state index contributed by atoms with van der Waals surface area (Å²) in [6.07, 6.45) is 1.71. The van der Waals surface area contributed by atoms with Crippen molar-refractivity contribution in [1.29, 1.82) is 0 Å². The van der Waals surface area contributed by atoms with E-state index in [9.17, 15) is 9.18 Å². The Morgan fingerprint density at radius 3 is 2.65 bits per heavy atom. The number of rotatable bonds is 5. The normalized spacial score (nSPS) is 13.8. The molecule has 2 rings (SSSR count). The molecule has 0 aliphatic rings. The Labute approximate surface area is 120 Å².